The van der Waals surface area contributed by atoms with Crippen molar-refractivity contribution in [3.63, 3.8) is 0 Å². The molecule has 1 aliphatic heterocycles. The van der Waals surface area contributed by atoms with Crippen LogP contribution in [0.5, 0.6) is 0 Å². The van der Waals surface area contributed by atoms with Crippen LogP contribution in [0.3, 0.4) is 0 Å². The van der Waals surface area contributed by atoms with Gasteiger partial charge in [0.25, 0.3) is 0 Å². The number of carbonyl (C=O) groups excluding carboxylic acids is 1. The molecule has 1 atom stereocenters. The fourth-order valence-electron chi connectivity index (χ4n) is 1.87. The monoisotopic (exact) mass is 204 g/mol. The van der Waals surface area contributed by atoms with Gasteiger partial charge in [-0.05, 0) is 17.0 Å². The van der Waals surface area contributed by atoms with E-state index in [1.165, 1.54) is 5.56 Å². The van der Waals surface area contributed by atoms with Gasteiger partial charge >= 0.3 is 0 Å². The van der Waals surface area contributed by atoms with Crippen molar-refractivity contribution in [1.82, 2.24) is 0 Å². The van der Waals surface area contributed by atoms with Crippen molar-refractivity contribution in [2.45, 2.75) is 25.7 Å². The van der Waals surface area contributed by atoms with Gasteiger partial charge in [0.05, 0.1) is 12.5 Å². The number of rotatable bonds is 2. The zero-order chi connectivity index (χ0) is 10.8. The summed E-state index contributed by atoms with van der Waals surface area (Å²) in [5.74, 6) is 0.702. The molecule has 0 saturated carbocycles. The summed E-state index contributed by atoms with van der Waals surface area (Å²) in [6.07, 6.45) is 0. The maximum atomic E-state index is 11.5. The van der Waals surface area contributed by atoms with Crippen LogP contribution in [-0.2, 0) is 9.53 Å². The topological polar surface area (TPSA) is 26.3 Å². The minimum absolute atomic E-state index is 0.0359. The van der Waals surface area contributed by atoms with Crippen LogP contribution >= 0.6 is 0 Å². The molecule has 2 nitrogen and oxygen atoms in total. The number of benzene rings is 1. The van der Waals surface area contributed by atoms with Crippen LogP contribution in [-0.4, -0.2) is 19.0 Å². The molecule has 0 spiro atoms. The molecule has 0 amide bonds. The summed E-state index contributed by atoms with van der Waals surface area (Å²) < 4.78 is 5.15. The molecule has 15 heavy (non-hydrogen) atoms. The highest BCUT2D eigenvalue weighted by Crippen LogP contribution is 2.24. The Kier molecular flexibility index (Phi) is 2.87. The van der Waals surface area contributed by atoms with Crippen molar-refractivity contribution in [2.75, 3.05) is 13.2 Å². The van der Waals surface area contributed by atoms with Gasteiger partial charge in [-0.15, -0.1) is 0 Å². The molecule has 0 N–H and O–H groups in total. The molecule has 1 saturated heterocycles. The maximum Gasteiger partial charge on any atom is 0.168 e. The molecule has 1 fully saturated rings. The highest BCUT2D eigenvalue weighted by atomic mass is 16.5. The highest BCUT2D eigenvalue weighted by molar-refractivity contribution is 5.88. The van der Waals surface area contributed by atoms with E-state index in [1.807, 2.05) is 12.1 Å². The van der Waals surface area contributed by atoms with Crippen molar-refractivity contribution in [3.8, 4) is 0 Å². The van der Waals surface area contributed by atoms with Crippen molar-refractivity contribution < 1.29 is 9.53 Å². The van der Waals surface area contributed by atoms with E-state index in [1.54, 1.807) is 0 Å². The Hall–Kier alpha value is -1.15. The zero-order valence-corrected chi connectivity index (χ0v) is 9.19. The Balaban J connectivity index is 2.19. The zero-order valence-electron chi connectivity index (χ0n) is 9.19. The molecule has 0 aromatic heterocycles. The average molecular weight is 204 g/mol. The Labute approximate surface area is 90.3 Å². The van der Waals surface area contributed by atoms with Crippen LogP contribution in [0.15, 0.2) is 24.3 Å². The molecular weight excluding hydrogens is 188 g/mol. The summed E-state index contributed by atoms with van der Waals surface area (Å²) in [6.45, 7) is 5.15. The van der Waals surface area contributed by atoms with E-state index in [4.69, 9.17) is 4.74 Å². The number of hydrogen-bond acceptors (Lipinski definition) is 2. The first-order valence-electron chi connectivity index (χ1n) is 5.39. The Morgan fingerprint density at radius 1 is 1.27 bits per heavy atom. The molecule has 1 aliphatic rings. The van der Waals surface area contributed by atoms with Crippen LogP contribution in [0.2, 0.25) is 0 Å². The van der Waals surface area contributed by atoms with Gasteiger partial charge in [-0.2, -0.15) is 0 Å². The second kappa shape index (κ2) is 4.15. The normalized spacial score (nSPS) is 21.3. The molecule has 0 aliphatic carbocycles. The first-order valence-corrected chi connectivity index (χ1v) is 5.39. The van der Waals surface area contributed by atoms with Crippen LogP contribution in [0.1, 0.15) is 36.8 Å². The van der Waals surface area contributed by atoms with E-state index in [0.717, 1.165) is 5.56 Å². The molecule has 0 radical (unpaired) electrons. The SMILES string of the molecule is CC(C)c1ccc([C@H]2COCC2=O)cc1. The fraction of sp³-hybridized carbons (Fsp3) is 0.462. The van der Waals surface area contributed by atoms with E-state index in [-0.39, 0.29) is 18.3 Å². The number of Topliss-reactive ketones (excluding diaryl/α,β-unsaturated/α-hetero) is 1. The predicted molar refractivity (Wildman–Crippen MR) is 59.1 cm³/mol. The van der Waals surface area contributed by atoms with Crippen molar-refractivity contribution in [1.29, 1.82) is 0 Å². The summed E-state index contributed by atoms with van der Waals surface area (Å²) in [6, 6.07) is 8.30. The van der Waals surface area contributed by atoms with Crippen LogP contribution in [0, 0.1) is 0 Å². The third-order valence-electron chi connectivity index (χ3n) is 2.92. The lowest BCUT2D eigenvalue weighted by molar-refractivity contribution is -0.118. The molecule has 1 aromatic rings. The van der Waals surface area contributed by atoms with Crippen LogP contribution < -0.4 is 0 Å². The summed E-state index contributed by atoms with van der Waals surface area (Å²) >= 11 is 0. The van der Waals surface area contributed by atoms with Crippen molar-refractivity contribution in [2.24, 2.45) is 0 Å². The molecule has 80 valence electrons. The first kappa shape index (κ1) is 10.4. The second-order valence-electron chi connectivity index (χ2n) is 4.36. The summed E-state index contributed by atoms with van der Waals surface area (Å²) in [5, 5.41) is 0. The van der Waals surface area contributed by atoms with E-state index in [9.17, 15) is 4.79 Å². The summed E-state index contributed by atoms with van der Waals surface area (Å²) in [7, 11) is 0. The fourth-order valence-corrected chi connectivity index (χ4v) is 1.87. The van der Waals surface area contributed by atoms with E-state index < -0.39 is 0 Å². The largest absolute Gasteiger partial charge is 0.373 e. The predicted octanol–water partition coefficient (Wildman–Crippen LogP) is 2.49. The Morgan fingerprint density at radius 2 is 1.93 bits per heavy atom. The van der Waals surface area contributed by atoms with Gasteiger partial charge in [-0.1, -0.05) is 38.1 Å². The van der Waals surface area contributed by atoms with E-state index >= 15 is 0 Å². The van der Waals surface area contributed by atoms with Gasteiger partial charge < -0.3 is 4.74 Å². The third kappa shape index (κ3) is 2.10. The lowest BCUT2D eigenvalue weighted by Gasteiger charge is -2.09. The standard InChI is InChI=1S/C13H16O2/c1-9(2)10-3-5-11(6-4-10)12-7-15-8-13(12)14/h3-6,9,12H,7-8H2,1-2H3/t12-/m1/s1. The minimum Gasteiger partial charge on any atom is -0.373 e. The number of hydrogen-bond donors (Lipinski definition) is 0. The minimum atomic E-state index is -0.0359. The van der Waals surface area contributed by atoms with Gasteiger partial charge in [0.1, 0.15) is 6.61 Å². The van der Waals surface area contributed by atoms with Crippen molar-refractivity contribution >= 4 is 5.78 Å². The Morgan fingerprint density at radius 3 is 2.40 bits per heavy atom. The quantitative estimate of drug-likeness (QED) is 0.739. The maximum absolute atomic E-state index is 11.5. The highest BCUT2D eigenvalue weighted by Gasteiger charge is 2.26. The number of carbonyl (C=O) groups is 1. The number of ketones is 1. The van der Waals surface area contributed by atoms with Crippen LogP contribution in [0.4, 0.5) is 0 Å². The van der Waals surface area contributed by atoms with Crippen LogP contribution in [0.25, 0.3) is 0 Å². The summed E-state index contributed by atoms with van der Waals surface area (Å²) in [5.41, 5.74) is 2.40. The molecular formula is C13H16O2. The van der Waals surface area contributed by atoms with Crippen molar-refractivity contribution in [3.05, 3.63) is 35.4 Å². The van der Waals surface area contributed by atoms with Gasteiger partial charge in [0.15, 0.2) is 5.78 Å². The molecule has 2 heteroatoms. The van der Waals surface area contributed by atoms with Gasteiger partial charge in [-0.25, -0.2) is 0 Å². The van der Waals surface area contributed by atoms with E-state index in [2.05, 4.69) is 26.0 Å². The first-order chi connectivity index (χ1) is 7.18. The third-order valence-corrected chi connectivity index (χ3v) is 2.92. The smallest absolute Gasteiger partial charge is 0.168 e. The van der Waals surface area contributed by atoms with Gasteiger partial charge in [-0.3, -0.25) is 4.79 Å². The summed E-state index contributed by atoms with van der Waals surface area (Å²) in [4.78, 5) is 11.5. The van der Waals surface area contributed by atoms with Gasteiger partial charge in [0.2, 0.25) is 0 Å². The average Bonchev–Trinajstić information content (AvgIpc) is 2.65. The molecule has 1 aromatic carbocycles. The molecule has 2 rings (SSSR count). The molecule has 0 unspecified atom stereocenters. The second-order valence-corrected chi connectivity index (χ2v) is 4.36. The van der Waals surface area contributed by atoms with Gasteiger partial charge in [0, 0.05) is 0 Å². The lowest BCUT2D eigenvalue weighted by Crippen LogP contribution is -2.08. The molecule has 1 heterocycles. The number of ether oxygens (including phenoxy) is 1. The van der Waals surface area contributed by atoms with E-state index in [0.29, 0.717) is 12.5 Å². The lowest BCUT2D eigenvalue weighted by atomic mass is 9.94. The molecule has 0 bridgehead atoms. The Bertz CT molecular complexity index is 351.